The third-order valence-electron chi connectivity index (χ3n) is 4.13. The van der Waals surface area contributed by atoms with Crippen molar-refractivity contribution in [2.45, 2.75) is 32.4 Å². The Balaban J connectivity index is 1.52. The van der Waals surface area contributed by atoms with Crippen molar-refractivity contribution in [3.05, 3.63) is 29.8 Å². The van der Waals surface area contributed by atoms with E-state index in [1.807, 2.05) is 0 Å². The molecular formula is C16H24N2O. The van der Waals surface area contributed by atoms with Gasteiger partial charge >= 0.3 is 0 Å². The Hall–Kier alpha value is -1.06. The molecule has 0 aromatic heterocycles. The summed E-state index contributed by atoms with van der Waals surface area (Å²) in [5, 5.41) is 3.43. The summed E-state index contributed by atoms with van der Waals surface area (Å²) in [5.41, 5.74) is 1.38. The first-order valence-corrected chi connectivity index (χ1v) is 7.48. The maximum atomic E-state index is 5.77. The molecule has 0 bridgehead atoms. The summed E-state index contributed by atoms with van der Waals surface area (Å²) in [6.45, 7) is 7.58. The molecular weight excluding hydrogens is 236 g/mol. The number of rotatable bonds is 5. The fourth-order valence-corrected chi connectivity index (χ4v) is 2.54. The summed E-state index contributed by atoms with van der Waals surface area (Å²) < 4.78 is 5.77. The average Bonchev–Trinajstić information content (AvgIpc) is 3.25. The number of ether oxygens (including phenoxy) is 1. The molecule has 2 aliphatic rings. The Bertz CT molecular complexity index is 400. The Morgan fingerprint density at radius 1 is 1.26 bits per heavy atom. The zero-order valence-electron chi connectivity index (χ0n) is 11.8. The second-order valence-corrected chi connectivity index (χ2v) is 5.92. The van der Waals surface area contributed by atoms with Crippen LogP contribution in [0.4, 0.5) is 0 Å². The van der Waals surface area contributed by atoms with E-state index in [-0.39, 0.29) is 0 Å². The van der Waals surface area contributed by atoms with Crippen molar-refractivity contribution < 1.29 is 4.74 Å². The van der Waals surface area contributed by atoms with Crippen LogP contribution in [0, 0.1) is 5.92 Å². The van der Waals surface area contributed by atoms with E-state index < -0.39 is 0 Å². The van der Waals surface area contributed by atoms with Crippen molar-refractivity contribution in [1.82, 2.24) is 10.2 Å². The molecule has 1 saturated heterocycles. The minimum absolute atomic E-state index is 0.625. The van der Waals surface area contributed by atoms with Crippen molar-refractivity contribution in [3.63, 3.8) is 0 Å². The molecule has 1 atom stereocenters. The summed E-state index contributed by atoms with van der Waals surface area (Å²) >= 11 is 0. The second kappa shape index (κ2) is 5.93. The van der Waals surface area contributed by atoms with Gasteiger partial charge in [0.15, 0.2) is 0 Å². The zero-order valence-corrected chi connectivity index (χ0v) is 11.8. The molecule has 0 spiro atoms. The normalized spacial score (nSPS) is 24.4. The first-order valence-electron chi connectivity index (χ1n) is 7.48. The Morgan fingerprint density at radius 2 is 2.05 bits per heavy atom. The van der Waals surface area contributed by atoms with Crippen LogP contribution in [0.5, 0.6) is 5.75 Å². The summed E-state index contributed by atoms with van der Waals surface area (Å²) in [7, 11) is 0. The van der Waals surface area contributed by atoms with Gasteiger partial charge in [-0.05, 0) is 43.4 Å². The number of nitrogens with zero attached hydrogens (tertiary/aromatic N) is 1. The fraction of sp³-hybridized carbons (Fsp3) is 0.625. The molecule has 3 nitrogen and oxygen atoms in total. The van der Waals surface area contributed by atoms with Crippen LogP contribution in [0.2, 0.25) is 0 Å². The van der Waals surface area contributed by atoms with E-state index in [1.54, 1.807) is 0 Å². The van der Waals surface area contributed by atoms with Gasteiger partial charge in [0, 0.05) is 32.2 Å². The molecule has 0 amide bonds. The molecule has 3 rings (SSSR count). The fourth-order valence-electron chi connectivity index (χ4n) is 2.54. The van der Waals surface area contributed by atoms with Crippen molar-refractivity contribution in [2.75, 3.05) is 26.2 Å². The van der Waals surface area contributed by atoms with Gasteiger partial charge in [-0.25, -0.2) is 0 Å². The van der Waals surface area contributed by atoms with Crippen LogP contribution in [0.15, 0.2) is 24.3 Å². The highest BCUT2D eigenvalue weighted by molar-refractivity contribution is 5.27. The summed E-state index contributed by atoms with van der Waals surface area (Å²) in [6, 6.07) is 9.27. The lowest BCUT2D eigenvalue weighted by molar-refractivity contribution is 0.165. The van der Waals surface area contributed by atoms with Crippen LogP contribution in [-0.2, 0) is 6.54 Å². The van der Waals surface area contributed by atoms with Gasteiger partial charge in [-0.1, -0.05) is 12.1 Å². The Morgan fingerprint density at radius 3 is 2.74 bits per heavy atom. The van der Waals surface area contributed by atoms with Crippen LogP contribution < -0.4 is 10.1 Å². The molecule has 1 aromatic carbocycles. The van der Waals surface area contributed by atoms with Gasteiger partial charge in [-0.15, -0.1) is 0 Å². The topological polar surface area (TPSA) is 24.5 Å². The highest BCUT2D eigenvalue weighted by Crippen LogP contribution is 2.29. The Kier molecular flexibility index (Phi) is 4.04. The van der Waals surface area contributed by atoms with E-state index in [0.29, 0.717) is 6.04 Å². The van der Waals surface area contributed by atoms with E-state index in [0.717, 1.165) is 44.5 Å². The molecule has 1 aliphatic heterocycles. The van der Waals surface area contributed by atoms with Crippen molar-refractivity contribution >= 4 is 0 Å². The maximum absolute atomic E-state index is 5.77. The molecule has 2 fully saturated rings. The molecule has 0 unspecified atom stereocenters. The molecule has 1 aliphatic carbocycles. The summed E-state index contributed by atoms with van der Waals surface area (Å²) in [4.78, 5) is 2.54. The van der Waals surface area contributed by atoms with Gasteiger partial charge in [0.1, 0.15) is 5.75 Å². The van der Waals surface area contributed by atoms with E-state index in [9.17, 15) is 0 Å². The molecule has 1 aromatic rings. The molecule has 3 heteroatoms. The molecule has 0 radical (unpaired) electrons. The number of piperazine rings is 1. The number of benzene rings is 1. The largest absolute Gasteiger partial charge is 0.493 e. The number of nitrogens with one attached hydrogen (secondary N) is 1. The third-order valence-corrected chi connectivity index (χ3v) is 4.13. The van der Waals surface area contributed by atoms with Gasteiger partial charge < -0.3 is 10.1 Å². The van der Waals surface area contributed by atoms with Crippen LogP contribution in [0.1, 0.15) is 25.3 Å². The second-order valence-electron chi connectivity index (χ2n) is 5.92. The minimum atomic E-state index is 0.625. The van der Waals surface area contributed by atoms with Crippen LogP contribution in [0.25, 0.3) is 0 Å². The van der Waals surface area contributed by atoms with Gasteiger partial charge in [-0.3, -0.25) is 4.90 Å². The van der Waals surface area contributed by atoms with E-state index in [1.165, 1.54) is 18.4 Å². The lowest BCUT2D eigenvalue weighted by Crippen LogP contribution is -2.49. The maximum Gasteiger partial charge on any atom is 0.119 e. The Labute approximate surface area is 115 Å². The molecule has 1 saturated carbocycles. The third kappa shape index (κ3) is 3.71. The minimum Gasteiger partial charge on any atom is -0.493 e. The first-order chi connectivity index (χ1) is 9.31. The molecule has 19 heavy (non-hydrogen) atoms. The van der Waals surface area contributed by atoms with Crippen LogP contribution in [-0.4, -0.2) is 37.2 Å². The predicted octanol–water partition coefficient (Wildman–Crippen LogP) is 2.27. The lowest BCUT2D eigenvalue weighted by Gasteiger charge is -2.33. The SMILES string of the molecule is C[C@H]1CNCCN1Cc1ccc(OCC2CC2)cc1. The quantitative estimate of drug-likeness (QED) is 0.879. The van der Waals surface area contributed by atoms with Crippen molar-refractivity contribution in [3.8, 4) is 5.75 Å². The van der Waals surface area contributed by atoms with Crippen LogP contribution in [0.3, 0.4) is 0 Å². The molecule has 104 valence electrons. The van der Waals surface area contributed by atoms with Gasteiger partial charge in [-0.2, -0.15) is 0 Å². The lowest BCUT2D eigenvalue weighted by atomic mass is 10.1. The van der Waals surface area contributed by atoms with Crippen molar-refractivity contribution in [1.29, 1.82) is 0 Å². The number of hydrogen-bond acceptors (Lipinski definition) is 3. The van der Waals surface area contributed by atoms with Crippen molar-refractivity contribution in [2.24, 2.45) is 5.92 Å². The molecule has 1 heterocycles. The first kappa shape index (κ1) is 12.9. The van der Waals surface area contributed by atoms with E-state index in [2.05, 4.69) is 41.4 Å². The number of hydrogen-bond donors (Lipinski definition) is 1. The summed E-state index contributed by atoms with van der Waals surface area (Å²) in [6.07, 6.45) is 2.69. The monoisotopic (exact) mass is 260 g/mol. The van der Waals surface area contributed by atoms with E-state index >= 15 is 0 Å². The predicted molar refractivity (Wildman–Crippen MR) is 77.4 cm³/mol. The molecule has 1 N–H and O–H groups in total. The van der Waals surface area contributed by atoms with Gasteiger partial charge in [0.25, 0.3) is 0 Å². The van der Waals surface area contributed by atoms with E-state index in [4.69, 9.17) is 4.74 Å². The summed E-state index contributed by atoms with van der Waals surface area (Å²) in [5.74, 6) is 1.84. The zero-order chi connectivity index (χ0) is 13.1. The van der Waals surface area contributed by atoms with Gasteiger partial charge in [0.05, 0.1) is 6.61 Å². The highest BCUT2D eigenvalue weighted by Gasteiger charge is 2.22. The average molecular weight is 260 g/mol. The highest BCUT2D eigenvalue weighted by atomic mass is 16.5. The van der Waals surface area contributed by atoms with Gasteiger partial charge in [0.2, 0.25) is 0 Å². The standard InChI is InChI=1S/C16H24N2O/c1-13-10-17-8-9-18(13)11-14-4-6-16(7-5-14)19-12-15-2-3-15/h4-7,13,15,17H,2-3,8-12H2,1H3/t13-/m0/s1. The van der Waals surface area contributed by atoms with Crippen LogP contribution >= 0.6 is 0 Å². The smallest absolute Gasteiger partial charge is 0.119 e.